The number of amides is 1. The number of guanidine groups is 1. The number of benzene rings is 1. The molecule has 7 heteroatoms. The Labute approximate surface area is 183 Å². The second-order valence-electron chi connectivity index (χ2n) is 8.84. The van der Waals surface area contributed by atoms with Gasteiger partial charge in [-0.15, -0.1) is 0 Å². The summed E-state index contributed by atoms with van der Waals surface area (Å²) in [6.45, 7) is 8.67. The fourth-order valence-electron chi connectivity index (χ4n) is 4.66. The maximum absolute atomic E-state index is 13.2. The van der Waals surface area contributed by atoms with Gasteiger partial charge in [-0.1, -0.05) is 12.1 Å². The fraction of sp³-hybridized carbons (Fsp3) is 0.458. The zero-order valence-corrected chi connectivity index (χ0v) is 18.7. The third-order valence-electron chi connectivity index (χ3n) is 6.30. The Hall–Kier alpha value is -2.93. The monoisotopic (exact) mass is 421 g/mol. The van der Waals surface area contributed by atoms with E-state index in [-0.39, 0.29) is 24.5 Å². The molecule has 1 fully saturated rings. The van der Waals surface area contributed by atoms with Gasteiger partial charge in [-0.25, -0.2) is 4.99 Å². The van der Waals surface area contributed by atoms with Crippen molar-refractivity contribution in [2.24, 2.45) is 10.7 Å². The van der Waals surface area contributed by atoms with Gasteiger partial charge in [0, 0.05) is 24.0 Å². The standard InChI is InChI=1S/C24H31N5O2/c1-15-8-9-18(14-26-15)27-21-7-5-6-20(17(21)3)24(4)13-22(30)29(23(25)28-24)19-10-11-31-16(2)12-19/h5-9,14,16,19,27H,10-13H2,1-4H3,(H2,25,28)/t16-,19-,24-/m0/s1. The van der Waals surface area contributed by atoms with Crippen molar-refractivity contribution in [1.82, 2.24) is 9.88 Å². The maximum Gasteiger partial charge on any atom is 0.232 e. The molecular weight excluding hydrogens is 390 g/mol. The summed E-state index contributed by atoms with van der Waals surface area (Å²) < 4.78 is 5.63. The third-order valence-corrected chi connectivity index (χ3v) is 6.30. The molecule has 0 bridgehead atoms. The van der Waals surface area contributed by atoms with E-state index >= 15 is 0 Å². The second kappa shape index (κ2) is 8.30. The zero-order valence-electron chi connectivity index (χ0n) is 18.7. The van der Waals surface area contributed by atoms with Crippen LogP contribution in [0.2, 0.25) is 0 Å². The van der Waals surface area contributed by atoms with Crippen molar-refractivity contribution in [3.05, 3.63) is 53.3 Å². The van der Waals surface area contributed by atoms with Crippen LogP contribution in [0, 0.1) is 13.8 Å². The number of aromatic nitrogens is 1. The van der Waals surface area contributed by atoms with Gasteiger partial charge in [0.15, 0.2) is 5.96 Å². The molecule has 164 valence electrons. The number of hydrogen-bond acceptors (Lipinski definition) is 6. The van der Waals surface area contributed by atoms with Crippen molar-refractivity contribution in [2.75, 3.05) is 11.9 Å². The van der Waals surface area contributed by atoms with Gasteiger partial charge in [0.25, 0.3) is 0 Å². The minimum absolute atomic E-state index is 0.0228. The number of carbonyl (C=O) groups excluding carboxylic acids is 1. The highest BCUT2D eigenvalue weighted by molar-refractivity contribution is 5.99. The largest absolute Gasteiger partial charge is 0.378 e. The summed E-state index contributed by atoms with van der Waals surface area (Å²) in [5.74, 6) is 0.327. The van der Waals surface area contributed by atoms with E-state index in [1.54, 1.807) is 4.90 Å². The first kappa shape index (κ1) is 21.3. The number of pyridine rings is 1. The van der Waals surface area contributed by atoms with E-state index < -0.39 is 5.54 Å². The molecule has 0 saturated carbocycles. The number of nitrogens with one attached hydrogen (secondary N) is 1. The summed E-state index contributed by atoms with van der Waals surface area (Å²) in [6, 6.07) is 10.1. The van der Waals surface area contributed by atoms with Crippen LogP contribution >= 0.6 is 0 Å². The maximum atomic E-state index is 13.2. The van der Waals surface area contributed by atoms with Crippen LogP contribution in [0.25, 0.3) is 0 Å². The molecule has 7 nitrogen and oxygen atoms in total. The molecule has 2 aliphatic heterocycles. The normalized spacial score (nSPS) is 26.5. The Kier molecular flexibility index (Phi) is 5.71. The van der Waals surface area contributed by atoms with Crippen molar-refractivity contribution in [2.45, 2.75) is 64.6 Å². The summed E-state index contributed by atoms with van der Waals surface area (Å²) in [7, 11) is 0. The summed E-state index contributed by atoms with van der Waals surface area (Å²) >= 11 is 0. The van der Waals surface area contributed by atoms with Crippen molar-refractivity contribution < 1.29 is 9.53 Å². The highest BCUT2D eigenvalue weighted by atomic mass is 16.5. The molecule has 2 aromatic rings. The Balaban J connectivity index is 1.63. The number of carbonyl (C=O) groups is 1. The minimum atomic E-state index is -0.707. The van der Waals surface area contributed by atoms with E-state index in [0.29, 0.717) is 12.6 Å². The summed E-state index contributed by atoms with van der Waals surface area (Å²) in [5, 5.41) is 3.43. The number of aryl methyl sites for hydroxylation is 1. The molecule has 3 N–H and O–H groups in total. The summed E-state index contributed by atoms with van der Waals surface area (Å²) in [6.07, 6.45) is 3.79. The van der Waals surface area contributed by atoms with Crippen LogP contribution in [0.4, 0.5) is 11.4 Å². The molecule has 0 radical (unpaired) electrons. The van der Waals surface area contributed by atoms with Crippen LogP contribution in [0.15, 0.2) is 41.5 Å². The molecule has 4 rings (SSSR count). The van der Waals surface area contributed by atoms with Crippen molar-refractivity contribution in [3.63, 3.8) is 0 Å². The van der Waals surface area contributed by atoms with E-state index in [0.717, 1.165) is 41.0 Å². The first-order valence-electron chi connectivity index (χ1n) is 10.9. The summed E-state index contributed by atoms with van der Waals surface area (Å²) in [4.78, 5) is 24.1. The average Bonchev–Trinajstić information content (AvgIpc) is 2.70. The molecule has 0 spiro atoms. The average molecular weight is 422 g/mol. The molecule has 2 aliphatic rings. The lowest BCUT2D eigenvalue weighted by Gasteiger charge is -2.42. The molecule has 0 unspecified atom stereocenters. The fourth-order valence-corrected chi connectivity index (χ4v) is 4.66. The Morgan fingerprint density at radius 1 is 1.26 bits per heavy atom. The Morgan fingerprint density at radius 2 is 2.06 bits per heavy atom. The molecule has 0 aliphatic carbocycles. The molecule has 1 aromatic heterocycles. The third kappa shape index (κ3) is 4.28. The molecule has 1 saturated heterocycles. The lowest BCUT2D eigenvalue weighted by molar-refractivity contribution is -0.133. The van der Waals surface area contributed by atoms with Crippen LogP contribution < -0.4 is 11.1 Å². The number of aliphatic imine (C=N–C) groups is 1. The predicted octanol–water partition coefficient (Wildman–Crippen LogP) is 3.77. The van der Waals surface area contributed by atoms with Crippen molar-refractivity contribution in [1.29, 1.82) is 0 Å². The molecule has 31 heavy (non-hydrogen) atoms. The van der Waals surface area contributed by atoms with Gasteiger partial charge in [-0.05, 0) is 69.9 Å². The number of nitrogens with two attached hydrogens (primary N) is 1. The van der Waals surface area contributed by atoms with Gasteiger partial charge < -0.3 is 15.8 Å². The topological polar surface area (TPSA) is 92.8 Å². The SMILES string of the molecule is Cc1ccc(Nc2cccc([C@]3(C)CC(=O)N([C@H]4CCO[C@@H](C)C4)C(N)=N3)c2C)cn1. The predicted molar refractivity (Wildman–Crippen MR) is 122 cm³/mol. The lowest BCUT2D eigenvalue weighted by atomic mass is 9.83. The van der Waals surface area contributed by atoms with Crippen molar-refractivity contribution in [3.8, 4) is 0 Å². The number of hydrogen-bond donors (Lipinski definition) is 2. The molecule has 1 amide bonds. The van der Waals surface area contributed by atoms with Crippen LogP contribution in [0.5, 0.6) is 0 Å². The number of nitrogens with zero attached hydrogens (tertiary/aromatic N) is 3. The van der Waals surface area contributed by atoms with Gasteiger partial charge in [0.2, 0.25) is 5.91 Å². The van der Waals surface area contributed by atoms with Crippen molar-refractivity contribution >= 4 is 23.2 Å². The minimum Gasteiger partial charge on any atom is -0.378 e. The van der Waals surface area contributed by atoms with Crippen LogP contribution in [0.1, 0.15) is 49.9 Å². The molecule has 1 aromatic carbocycles. The number of rotatable bonds is 4. The van der Waals surface area contributed by atoms with Crippen LogP contribution in [-0.4, -0.2) is 40.5 Å². The van der Waals surface area contributed by atoms with Gasteiger partial charge >= 0.3 is 0 Å². The van der Waals surface area contributed by atoms with E-state index in [4.69, 9.17) is 15.5 Å². The van der Waals surface area contributed by atoms with Crippen LogP contribution in [0.3, 0.4) is 0 Å². The second-order valence-corrected chi connectivity index (χ2v) is 8.84. The highest BCUT2D eigenvalue weighted by Crippen LogP contribution is 2.38. The Bertz CT molecular complexity index is 1000. The van der Waals surface area contributed by atoms with Gasteiger partial charge in [-0.2, -0.15) is 0 Å². The van der Waals surface area contributed by atoms with E-state index in [1.165, 1.54) is 0 Å². The molecular formula is C24H31N5O2. The first-order valence-corrected chi connectivity index (χ1v) is 10.9. The molecule has 3 heterocycles. The van der Waals surface area contributed by atoms with E-state index in [1.807, 2.05) is 64.2 Å². The van der Waals surface area contributed by atoms with E-state index in [2.05, 4.69) is 10.3 Å². The smallest absolute Gasteiger partial charge is 0.232 e. The first-order chi connectivity index (χ1) is 14.8. The lowest BCUT2D eigenvalue weighted by Crippen LogP contribution is -2.56. The number of anilines is 2. The van der Waals surface area contributed by atoms with Gasteiger partial charge in [0.05, 0.1) is 29.9 Å². The summed E-state index contributed by atoms with van der Waals surface area (Å²) in [5.41, 5.74) is 10.6. The molecule has 3 atom stereocenters. The quantitative estimate of drug-likeness (QED) is 0.784. The Morgan fingerprint density at radius 3 is 2.74 bits per heavy atom. The van der Waals surface area contributed by atoms with Gasteiger partial charge in [-0.3, -0.25) is 14.7 Å². The van der Waals surface area contributed by atoms with Crippen LogP contribution in [-0.2, 0) is 15.1 Å². The zero-order chi connectivity index (χ0) is 22.2. The van der Waals surface area contributed by atoms with E-state index in [9.17, 15) is 4.79 Å². The number of ether oxygens (including phenoxy) is 1. The highest BCUT2D eigenvalue weighted by Gasteiger charge is 2.41. The van der Waals surface area contributed by atoms with Gasteiger partial charge in [0.1, 0.15) is 0 Å².